The molecule has 0 aliphatic heterocycles. The molecule has 0 aliphatic carbocycles. The molecule has 2 rings (SSSR count). The highest BCUT2D eigenvalue weighted by Crippen LogP contribution is 2.25. The van der Waals surface area contributed by atoms with Crippen LogP contribution in [0.2, 0.25) is 0 Å². The molecule has 7 nitrogen and oxygen atoms in total. The molecule has 1 unspecified atom stereocenters. The predicted molar refractivity (Wildman–Crippen MR) is 108 cm³/mol. The van der Waals surface area contributed by atoms with E-state index in [1.807, 2.05) is 0 Å². The molecule has 0 heterocycles. The minimum Gasteiger partial charge on any atom is -0.459 e. The molecule has 0 aromatic heterocycles. The van der Waals surface area contributed by atoms with Crippen LogP contribution in [0, 0.1) is 0 Å². The van der Waals surface area contributed by atoms with Gasteiger partial charge in [0.1, 0.15) is 16.2 Å². The average molecular weight is 419 g/mol. The first-order valence-electron chi connectivity index (χ1n) is 9.05. The first kappa shape index (κ1) is 22.4. The van der Waals surface area contributed by atoms with Gasteiger partial charge in [-0.2, -0.15) is 8.42 Å². The number of hydrogen-bond donors (Lipinski definition) is 1. The van der Waals surface area contributed by atoms with Crippen molar-refractivity contribution in [1.29, 1.82) is 0 Å². The normalized spacial score (nSPS) is 12.7. The van der Waals surface area contributed by atoms with E-state index < -0.39 is 27.6 Å². The maximum Gasteiger partial charge on any atom is 0.339 e. The van der Waals surface area contributed by atoms with Gasteiger partial charge in [-0.3, -0.25) is 9.59 Å². The van der Waals surface area contributed by atoms with Gasteiger partial charge in [-0.25, -0.2) is 0 Å². The van der Waals surface area contributed by atoms with Gasteiger partial charge in [-0.1, -0.05) is 30.3 Å². The van der Waals surface area contributed by atoms with Crippen LogP contribution in [0.5, 0.6) is 5.75 Å². The summed E-state index contributed by atoms with van der Waals surface area (Å²) in [6, 6.07) is 13.9. The van der Waals surface area contributed by atoms with Crippen LogP contribution >= 0.6 is 0 Å². The smallest absolute Gasteiger partial charge is 0.339 e. The maximum absolute atomic E-state index is 12.6. The van der Waals surface area contributed by atoms with Crippen LogP contribution in [-0.2, 0) is 24.4 Å². The topological polar surface area (TPSA) is 98.8 Å². The molecule has 1 atom stereocenters. The van der Waals surface area contributed by atoms with Gasteiger partial charge >= 0.3 is 16.1 Å². The number of amides is 1. The second kappa shape index (κ2) is 9.09. The van der Waals surface area contributed by atoms with Crippen molar-refractivity contribution >= 4 is 22.0 Å². The Kier molecular flexibility index (Phi) is 7.02. The molecule has 0 aliphatic rings. The number of rotatable bonds is 7. The van der Waals surface area contributed by atoms with Crippen molar-refractivity contribution in [2.24, 2.45) is 0 Å². The number of carbonyl (C=O) groups is 2. The SMILES string of the molecule is CC(=O)NCC(C(=O)OC(C)(C)C)c1ccc(OS(=O)(=O)c2ccccc2)cc1. The Labute approximate surface area is 171 Å². The molecule has 156 valence electrons. The summed E-state index contributed by atoms with van der Waals surface area (Å²) in [6.07, 6.45) is 0. The van der Waals surface area contributed by atoms with Crippen molar-refractivity contribution in [3.63, 3.8) is 0 Å². The summed E-state index contributed by atoms with van der Waals surface area (Å²) in [5.41, 5.74) is -0.115. The largest absolute Gasteiger partial charge is 0.459 e. The molecular formula is C21H25NO6S. The first-order valence-corrected chi connectivity index (χ1v) is 10.5. The van der Waals surface area contributed by atoms with E-state index in [0.717, 1.165) is 0 Å². The van der Waals surface area contributed by atoms with Gasteiger partial charge in [-0.05, 0) is 50.6 Å². The number of hydrogen-bond acceptors (Lipinski definition) is 6. The third-order valence-electron chi connectivity index (χ3n) is 3.77. The minimum absolute atomic E-state index is 0.0429. The summed E-state index contributed by atoms with van der Waals surface area (Å²) >= 11 is 0. The Morgan fingerprint density at radius 1 is 1.00 bits per heavy atom. The van der Waals surface area contributed by atoms with Gasteiger partial charge < -0.3 is 14.2 Å². The zero-order chi connectivity index (χ0) is 21.7. The summed E-state index contributed by atoms with van der Waals surface area (Å²) in [4.78, 5) is 23.9. The molecule has 0 spiro atoms. The van der Waals surface area contributed by atoms with Crippen LogP contribution in [0.25, 0.3) is 0 Å². The Bertz CT molecular complexity index is 947. The zero-order valence-corrected chi connectivity index (χ0v) is 17.7. The summed E-state index contributed by atoms with van der Waals surface area (Å²) in [7, 11) is -3.96. The molecule has 0 saturated carbocycles. The summed E-state index contributed by atoms with van der Waals surface area (Å²) in [5, 5.41) is 2.62. The Morgan fingerprint density at radius 2 is 1.59 bits per heavy atom. The van der Waals surface area contributed by atoms with E-state index in [4.69, 9.17) is 8.92 Å². The van der Waals surface area contributed by atoms with Gasteiger partial charge in [0, 0.05) is 13.5 Å². The number of carbonyl (C=O) groups excluding carboxylic acids is 2. The third kappa shape index (κ3) is 6.90. The fourth-order valence-corrected chi connectivity index (χ4v) is 3.42. The fourth-order valence-electron chi connectivity index (χ4n) is 2.47. The van der Waals surface area contributed by atoms with Crippen molar-refractivity contribution < 1.29 is 26.9 Å². The molecule has 8 heteroatoms. The Hall–Kier alpha value is -2.87. The quantitative estimate of drug-likeness (QED) is 0.547. The molecule has 2 aromatic carbocycles. The van der Waals surface area contributed by atoms with Gasteiger partial charge in [0.05, 0.1) is 5.92 Å². The Morgan fingerprint density at radius 3 is 2.10 bits per heavy atom. The lowest BCUT2D eigenvalue weighted by Gasteiger charge is -2.24. The van der Waals surface area contributed by atoms with Crippen LogP contribution in [0.3, 0.4) is 0 Å². The van der Waals surface area contributed by atoms with Gasteiger partial charge in [0.25, 0.3) is 0 Å². The second-order valence-electron chi connectivity index (χ2n) is 7.44. The molecule has 29 heavy (non-hydrogen) atoms. The van der Waals surface area contributed by atoms with Crippen molar-refractivity contribution in [2.45, 2.75) is 44.1 Å². The predicted octanol–water partition coefficient (Wildman–Crippen LogP) is 3.02. The molecule has 0 fully saturated rings. The van der Waals surface area contributed by atoms with E-state index in [-0.39, 0.29) is 23.1 Å². The van der Waals surface area contributed by atoms with Gasteiger partial charge in [-0.15, -0.1) is 0 Å². The summed E-state index contributed by atoms with van der Waals surface area (Å²) < 4.78 is 35.2. The number of nitrogens with one attached hydrogen (secondary N) is 1. The lowest BCUT2D eigenvalue weighted by Crippen LogP contribution is -2.34. The second-order valence-corrected chi connectivity index (χ2v) is 8.99. The van der Waals surface area contributed by atoms with Crippen LogP contribution in [-0.4, -0.2) is 32.4 Å². The van der Waals surface area contributed by atoms with Crippen molar-refractivity contribution in [1.82, 2.24) is 5.32 Å². The number of benzene rings is 2. The Balaban J connectivity index is 2.21. The maximum atomic E-state index is 12.6. The first-order chi connectivity index (χ1) is 13.5. The zero-order valence-electron chi connectivity index (χ0n) is 16.8. The highest BCUT2D eigenvalue weighted by atomic mass is 32.2. The third-order valence-corrected chi connectivity index (χ3v) is 5.03. The fraction of sp³-hybridized carbons (Fsp3) is 0.333. The highest BCUT2D eigenvalue weighted by Gasteiger charge is 2.27. The van der Waals surface area contributed by atoms with Crippen molar-refractivity contribution in [2.75, 3.05) is 6.54 Å². The molecule has 0 saturated heterocycles. The molecule has 1 N–H and O–H groups in total. The van der Waals surface area contributed by atoms with E-state index >= 15 is 0 Å². The molecule has 0 radical (unpaired) electrons. The summed E-state index contributed by atoms with van der Waals surface area (Å²) in [5.74, 6) is -1.39. The molecule has 0 bridgehead atoms. The minimum atomic E-state index is -3.96. The number of esters is 1. The molecule has 1 amide bonds. The van der Waals surface area contributed by atoms with E-state index in [9.17, 15) is 18.0 Å². The average Bonchev–Trinajstić information content (AvgIpc) is 2.62. The monoisotopic (exact) mass is 419 g/mol. The van der Waals surface area contributed by atoms with Gasteiger partial charge in [0.2, 0.25) is 5.91 Å². The van der Waals surface area contributed by atoms with Crippen LogP contribution in [0.15, 0.2) is 59.5 Å². The van der Waals surface area contributed by atoms with Crippen LogP contribution in [0.1, 0.15) is 39.2 Å². The highest BCUT2D eigenvalue weighted by molar-refractivity contribution is 7.87. The van der Waals surface area contributed by atoms with E-state index in [2.05, 4.69) is 5.32 Å². The summed E-state index contributed by atoms with van der Waals surface area (Å²) in [6.45, 7) is 6.69. The van der Waals surface area contributed by atoms with E-state index in [1.165, 1.54) is 31.2 Å². The standard InChI is InChI=1S/C21H25NO6S/c1-15(23)22-14-19(20(24)27-21(2,3)4)16-10-12-17(13-11-16)28-29(25,26)18-8-6-5-7-9-18/h5-13,19H,14H2,1-4H3,(H,22,23). The van der Waals surface area contributed by atoms with E-state index in [1.54, 1.807) is 51.1 Å². The molecule has 2 aromatic rings. The van der Waals surface area contributed by atoms with Crippen molar-refractivity contribution in [3.8, 4) is 5.75 Å². The van der Waals surface area contributed by atoms with Crippen molar-refractivity contribution in [3.05, 3.63) is 60.2 Å². The lowest BCUT2D eigenvalue weighted by atomic mass is 9.98. The molecular weight excluding hydrogens is 394 g/mol. The van der Waals surface area contributed by atoms with Gasteiger partial charge in [0.15, 0.2) is 0 Å². The van der Waals surface area contributed by atoms with Crippen LogP contribution in [0.4, 0.5) is 0 Å². The van der Waals surface area contributed by atoms with Crippen LogP contribution < -0.4 is 9.50 Å². The number of ether oxygens (including phenoxy) is 1. The van der Waals surface area contributed by atoms with E-state index in [0.29, 0.717) is 5.56 Å². The lowest BCUT2D eigenvalue weighted by molar-refractivity contribution is -0.156.